The van der Waals surface area contributed by atoms with Gasteiger partial charge in [0.2, 0.25) is 10.0 Å². The molecular weight excluding hydrogens is 636 g/mol. The number of hydrogen-bond acceptors (Lipinski definition) is 8. The molecule has 1 N–H and O–H groups in total. The van der Waals surface area contributed by atoms with Gasteiger partial charge in [-0.05, 0) is 111 Å². The van der Waals surface area contributed by atoms with Gasteiger partial charge in [0.15, 0.2) is 5.82 Å². The molecule has 4 aliphatic rings. The standard InChI is InChI=1S/C36H41ClN4O5S/c1-24-6-2-3-8-32(45-21-34-38-16-5-17-39-34)29-12-9-27(29)20-41-22-36(15-4-7-25-18-28(37)11-13-30(25)36)23-46-33-14-10-26(19-31(33)41)35(42)40-47(24,43)44/h3,5,8,10-11,13-14,16-19,24,27,29,32H,2,4,6-7,9,12,15,20-23H2,1H3,(H,40,42)/b8-3-/t24-,27+,29-,32+,36+/m1/s1. The van der Waals surface area contributed by atoms with Crippen LogP contribution in [0.5, 0.6) is 5.75 Å². The van der Waals surface area contributed by atoms with Crippen LogP contribution < -0.4 is 14.4 Å². The highest BCUT2D eigenvalue weighted by molar-refractivity contribution is 7.90. The number of fused-ring (bicyclic) bond motifs is 4. The monoisotopic (exact) mass is 676 g/mol. The number of rotatable bonds is 3. The van der Waals surface area contributed by atoms with E-state index in [1.807, 2.05) is 18.2 Å². The minimum atomic E-state index is -3.89. The number of amides is 1. The molecule has 3 aromatic rings. The van der Waals surface area contributed by atoms with E-state index < -0.39 is 21.2 Å². The summed E-state index contributed by atoms with van der Waals surface area (Å²) < 4.78 is 41.8. The largest absolute Gasteiger partial charge is 0.490 e. The first-order valence-corrected chi connectivity index (χ1v) is 18.5. The molecule has 0 radical (unpaired) electrons. The number of sulfonamides is 1. The molecule has 1 saturated carbocycles. The Morgan fingerprint density at radius 3 is 2.79 bits per heavy atom. The zero-order chi connectivity index (χ0) is 32.6. The Hall–Kier alpha value is -3.47. The highest BCUT2D eigenvalue weighted by Gasteiger charge is 2.44. The van der Waals surface area contributed by atoms with E-state index in [0.717, 1.165) is 49.4 Å². The van der Waals surface area contributed by atoms with Gasteiger partial charge >= 0.3 is 0 Å². The van der Waals surface area contributed by atoms with Crippen molar-refractivity contribution in [3.05, 3.63) is 94.5 Å². The first-order valence-electron chi connectivity index (χ1n) is 16.6. The number of carbonyl (C=O) groups is 1. The van der Waals surface area contributed by atoms with Crippen LogP contribution in [0.2, 0.25) is 5.02 Å². The molecule has 1 fully saturated rings. The van der Waals surface area contributed by atoms with E-state index >= 15 is 0 Å². The van der Waals surface area contributed by atoms with Crippen molar-refractivity contribution in [3.8, 4) is 5.75 Å². The summed E-state index contributed by atoms with van der Waals surface area (Å²) in [5.74, 6) is 1.29. The predicted octanol–water partition coefficient (Wildman–Crippen LogP) is 6.01. The number of nitrogens with one attached hydrogen (secondary N) is 1. The third kappa shape index (κ3) is 6.65. The number of nitrogens with zero attached hydrogens (tertiary/aromatic N) is 3. The number of halogens is 1. The molecule has 1 aromatic heterocycles. The number of anilines is 1. The van der Waals surface area contributed by atoms with E-state index in [0.29, 0.717) is 55.7 Å². The second-order valence-corrected chi connectivity index (χ2v) is 16.1. The quantitative estimate of drug-likeness (QED) is 0.336. The lowest BCUT2D eigenvalue weighted by atomic mass is 9.68. The number of ether oxygens (including phenoxy) is 2. The summed E-state index contributed by atoms with van der Waals surface area (Å²) in [7, 11) is -3.89. The second kappa shape index (κ2) is 13.2. The highest BCUT2D eigenvalue weighted by atomic mass is 35.5. The Morgan fingerprint density at radius 1 is 1.13 bits per heavy atom. The molecule has 2 aliphatic carbocycles. The molecule has 9 nitrogen and oxygen atoms in total. The van der Waals surface area contributed by atoms with Crippen molar-refractivity contribution in [1.29, 1.82) is 0 Å². The lowest BCUT2D eigenvalue weighted by molar-refractivity contribution is -0.0249. The van der Waals surface area contributed by atoms with Gasteiger partial charge in [-0.25, -0.2) is 23.1 Å². The van der Waals surface area contributed by atoms with E-state index in [1.54, 1.807) is 37.5 Å². The van der Waals surface area contributed by atoms with Crippen LogP contribution in [-0.2, 0) is 33.2 Å². The number of benzene rings is 2. The summed E-state index contributed by atoms with van der Waals surface area (Å²) in [5, 5.41) is -0.0150. The van der Waals surface area contributed by atoms with Crippen molar-refractivity contribution in [2.75, 3.05) is 24.6 Å². The van der Waals surface area contributed by atoms with E-state index in [4.69, 9.17) is 21.1 Å². The zero-order valence-electron chi connectivity index (χ0n) is 26.6. The third-order valence-electron chi connectivity index (χ3n) is 10.5. The molecule has 11 heteroatoms. The van der Waals surface area contributed by atoms with Crippen molar-refractivity contribution in [1.82, 2.24) is 14.7 Å². The van der Waals surface area contributed by atoms with Crippen molar-refractivity contribution in [2.45, 2.75) is 75.2 Å². The van der Waals surface area contributed by atoms with Gasteiger partial charge in [0.25, 0.3) is 5.91 Å². The van der Waals surface area contributed by atoms with Crippen molar-refractivity contribution < 1.29 is 22.7 Å². The van der Waals surface area contributed by atoms with Crippen LogP contribution in [-0.4, -0.2) is 55.3 Å². The molecule has 2 aromatic carbocycles. The summed E-state index contributed by atoms with van der Waals surface area (Å²) in [6.07, 6.45) is 13.3. The Morgan fingerprint density at radius 2 is 1.98 bits per heavy atom. The van der Waals surface area contributed by atoms with Crippen LogP contribution in [0.4, 0.5) is 5.69 Å². The van der Waals surface area contributed by atoms with Crippen molar-refractivity contribution >= 4 is 33.2 Å². The topological polar surface area (TPSA) is 111 Å². The molecule has 0 saturated heterocycles. The summed E-state index contributed by atoms with van der Waals surface area (Å²) in [6.45, 7) is 3.89. The number of allylic oxidation sites excluding steroid dienone is 1. The maximum atomic E-state index is 13.4. The molecule has 2 bridgehead atoms. The maximum Gasteiger partial charge on any atom is 0.264 e. The van der Waals surface area contributed by atoms with Crippen LogP contribution in [0.15, 0.2) is 67.0 Å². The average Bonchev–Trinajstić information content (AvgIpc) is 3.20. The fourth-order valence-electron chi connectivity index (χ4n) is 7.69. The van der Waals surface area contributed by atoms with Crippen LogP contribution in [0, 0.1) is 11.8 Å². The summed E-state index contributed by atoms with van der Waals surface area (Å²) in [6, 6.07) is 13.3. The summed E-state index contributed by atoms with van der Waals surface area (Å²) >= 11 is 6.44. The molecule has 5 atom stereocenters. The molecule has 248 valence electrons. The van der Waals surface area contributed by atoms with E-state index in [-0.39, 0.29) is 17.4 Å². The van der Waals surface area contributed by atoms with Gasteiger partial charge in [-0.15, -0.1) is 0 Å². The maximum absolute atomic E-state index is 13.4. The van der Waals surface area contributed by atoms with Crippen LogP contribution in [0.3, 0.4) is 0 Å². The van der Waals surface area contributed by atoms with Gasteiger partial charge in [-0.2, -0.15) is 0 Å². The molecule has 47 heavy (non-hydrogen) atoms. The highest BCUT2D eigenvalue weighted by Crippen LogP contribution is 2.47. The number of carbonyl (C=O) groups excluding carboxylic acids is 1. The predicted molar refractivity (Wildman–Crippen MR) is 181 cm³/mol. The normalized spacial score (nSPS) is 29.3. The summed E-state index contributed by atoms with van der Waals surface area (Å²) in [5.41, 5.74) is 3.36. The van der Waals surface area contributed by atoms with Crippen LogP contribution >= 0.6 is 11.6 Å². The first-order chi connectivity index (χ1) is 22.7. The molecule has 1 amide bonds. The average molecular weight is 677 g/mol. The van der Waals surface area contributed by atoms with Crippen molar-refractivity contribution in [2.24, 2.45) is 11.8 Å². The number of aromatic nitrogens is 2. The molecule has 2 aliphatic heterocycles. The van der Waals surface area contributed by atoms with E-state index in [1.165, 1.54) is 11.1 Å². The summed E-state index contributed by atoms with van der Waals surface area (Å²) in [4.78, 5) is 24.5. The first kappa shape index (κ1) is 32.1. The molecule has 1 spiro atoms. The molecular formula is C36H41ClN4O5S. The van der Waals surface area contributed by atoms with Gasteiger partial charge in [0.05, 0.1) is 23.6 Å². The molecule has 0 unspecified atom stereocenters. The Kier molecular flexibility index (Phi) is 9.02. The van der Waals surface area contributed by atoms with E-state index in [2.05, 4.69) is 37.8 Å². The Balaban J connectivity index is 1.27. The number of aryl methyl sites for hydroxylation is 1. The minimum Gasteiger partial charge on any atom is -0.490 e. The fourth-order valence-corrected chi connectivity index (χ4v) is 8.91. The SMILES string of the molecule is C[C@@H]1CC/C=C\[C@H](OCc2ncccn2)[C@@H]2CC[C@H]2CN2C[C@@]3(CCCc4cc(Cl)ccc43)COc3ccc(cc32)C(=O)NS1(=O)=O. The van der Waals surface area contributed by atoms with Gasteiger partial charge in [0.1, 0.15) is 12.4 Å². The van der Waals surface area contributed by atoms with Crippen LogP contribution in [0.25, 0.3) is 0 Å². The Labute approximate surface area is 281 Å². The van der Waals surface area contributed by atoms with Gasteiger partial charge < -0.3 is 14.4 Å². The molecule has 7 rings (SSSR count). The fraction of sp³-hybridized carbons (Fsp3) is 0.472. The van der Waals surface area contributed by atoms with Gasteiger partial charge in [0, 0.05) is 41.5 Å². The lowest BCUT2D eigenvalue weighted by Crippen LogP contribution is -2.49. The van der Waals surface area contributed by atoms with Gasteiger partial charge in [-0.1, -0.05) is 29.8 Å². The Bertz CT molecular complexity index is 1770. The lowest BCUT2D eigenvalue weighted by Gasteiger charge is -2.46. The minimum absolute atomic E-state index is 0.169. The van der Waals surface area contributed by atoms with E-state index in [9.17, 15) is 13.2 Å². The van der Waals surface area contributed by atoms with Gasteiger partial charge in [-0.3, -0.25) is 4.79 Å². The molecule has 3 heterocycles. The van der Waals surface area contributed by atoms with Crippen molar-refractivity contribution in [3.63, 3.8) is 0 Å². The second-order valence-electron chi connectivity index (χ2n) is 13.5. The zero-order valence-corrected chi connectivity index (χ0v) is 28.2. The van der Waals surface area contributed by atoms with Crippen LogP contribution in [0.1, 0.15) is 72.8 Å². The number of hydrogen-bond donors (Lipinski definition) is 1. The third-order valence-corrected chi connectivity index (χ3v) is 12.5. The smallest absolute Gasteiger partial charge is 0.264 e.